The van der Waals surface area contributed by atoms with Crippen LogP contribution in [0.25, 0.3) is 11.0 Å². The Morgan fingerprint density at radius 3 is 2.91 bits per heavy atom. The minimum atomic E-state index is -1.06. The summed E-state index contributed by atoms with van der Waals surface area (Å²) in [7, 11) is 1.62. The zero-order valence-electron chi connectivity index (χ0n) is 12.0. The van der Waals surface area contributed by atoms with Gasteiger partial charge in [-0.05, 0) is 25.1 Å². The number of hydrogen-bond acceptors (Lipinski definition) is 4. The summed E-state index contributed by atoms with van der Waals surface area (Å²) in [5, 5.41) is 13.5. The molecule has 6 nitrogen and oxygen atoms in total. The fraction of sp³-hybridized carbons (Fsp3) is 0.200. The van der Waals surface area contributed by atoms with E-state index in [2.05, 4.69) is 5.10 Å². The molecule has 0 bridgehead atoms. The third-order valence-electron chi connectivity index (χ3n) is 3.44. The van der Waals surface area contributed by atoms with Crippen molar-refractivity contribution in [2.24, 2.45) is 7.05 Å². The van der Waals surface area contributed by atoms with Gasteiger partial charge in [-0.1, -0.05) is 0 Å². The number of rotatable bonds is 4. The van der Waals surface area contributed by atoms with Crippen LogP contribution in [0.1, 0.15) is 21.8 Å². The molecule has 3 aromatic rings. The summed E-state index contributed by atoms with van der Waals surface area (Å²) in [5.74, 6) is -0.756. The summed E-state index contributed by atoms with van der Waals surface area (Å²) >= 11 is 0. The summed E-state index contributed by atoms with van der Waals surface area (Å²) < 4.78 is 25.8. The van der Waals surface area contributed by atoms with Crippen LogP contribution in [0.4, 0.5) is 4.39 Å². The molecule has 0 saturated carbocycles. The number of benzene rings is 1. The van der Waals surface area contributed by atoms with E-state index in [1.54, 1.807) is 32.2 Å². The Balaban J connectivity index is 1.92. The van der Waals surface area contributed by atoms with E-state index in [-0.39, 0.29) is 12.2 Å². The Hall–Kier alpha value is -2.83. The number of halogens is 1. The van der Waals surface area contributed by atoms with Gasteiger partial charge in [0.15, 0.2) is 5.82 Å². The zero-order valence-corrected chi connectivity index (χ0v) is 12.0. The summed E-state index contributed by atoms with van der Waals surface area (Å²) in [5.41, 5.74) is 0.878. The first-order chi connectivity index (χ1) is 10.5. The Bertz CT molecular complexity index is 846. The normalized spacial score (nSPS) is 11.0. The molecule has 2 heterocycles. The first-order valence-corrected chi connectivity index (χ1v) is 6.53. The fourth-order valence-corrected chi connectivity index (χ4v) is 2.30. The maximum atomic E-state index is 13.5. The zero-order chi connectivity index (χ0) is 15.9. The second-order valence-corrected chi connectivity index (χ2v) is 4.85. The van der Waals surface area contributed by atoms with Crippen molar-refractivity contribution >= 4 is 16.9 Å². The minimum Gasteiger partial charge on any atom is -0.487 e. The topological polar surface area (TPSA) is 77.5 Å². The maximum Gasteiger partial charge on any atom is 0.339 e. The van der Waals surface area contributed by atoms with Gasteiger partial charge in [0, 0.05) is 12.4 Å². The van der Waals surface area contributed by atoms with Crippen LogP contribution in [0.5, 0.6) is 5.75 Å². The Morgan fingerprint density at radius 2 is 2.27 bits per heavy atom. The van der Waals surface area contributed by atoms with Gasteiger partial charge < -0.3 is 14.3 Å². The molecule has 0 aliphatic rings. The highest BCUT2D eigenvalue weighted by Gasteiger charge is 2.18. The van der Waals surface area contributed by atoms with Crippen LogP contribution in [0.15, 0.2) is 28.8 Å². The third-order valence-corrected chi connectivity index (χ3v) is 3.44. The lowest BCUT2D eigenvalue weighted by Crippen LogP contribution is -2.04. The van der Waals surface area contributed by atoms with Crippen molar-refractivity contribution in [2.45, 2.75) is 13.5 Å². The molecular weight excluding hydrogens is 291 g/mol. The maximum absolute atomic E-state index is 13.5. The van der Waals surface area contributed by atoms with E-state index in [0.29, 0.717) is 28.2 Å². The van der Waals surface area contributed by atoms with Gasteiger partial charge in [0.2, 0.25) is 0 Å². The van der Waals surface area contributed by atoms with Gasteiger partial charge in [0.25, 0.3) is 0 Å². The summed E-state index contributed by atoms with van der Waals surface area (Å²) in [4.78, 5) is 11.3. The van der Waals surface area contributed by atoms with E-state index in [0.717, 1.165) is 6.20 Å². The molecule has 114 valence electrons. The highest BCUT2D eigenvalue weighted by molar-refractivity contribution is 6.03. The third kappa shape index (κ3) is 2.30. The van der Waals surface area contributed by atoms with Crippen LogP contribution in [-0.2, 0) is 13.7 Å². The fourth-order valence-electron chi connectivity index (χ4n) is 2.30. The van der Waals surface area contributed by atoms with Gasteiger partial charge in [-0.2, -0.15) is 5.10 Å². The largest absolute Gasteiger partial charge is 0.487 e. The number of carboxylic acid groups (broad SMARTS) is 1. The molecule has 7 heteroatoms. The predicted molar refractivity (Wildman–Crippen MR) is 75.4 cm³/mol. The van der Waals surface area contributed by atoms with Crippen molar-refractivity contribution in [3.8, 4) is 5.75 Å². The van der Waals surface area contributed by atoms with Gasteiger partial charge in [-0.3, -0.25) is 4.68 Å². The van der Waals surface area contributed by atoms with Gasteiger partial charge >= 0.3 is 5.97 Å². The summed E-state index contributed by atoms with van der Waals surface area (Å²) in [6, 6.07) is 4.85. The van der Waals surface area contributed by atoms with Crippen molar-refractivity contribution in [1.82, 2.24) is 9.78 Å². The molecule has 22 heavy (non-hydrogen) atoms. The van der Waals surface area contributed by atoms with E-state index in [1.807, 2.05) is 0 Å². The molecular formula is C15H13FN2O4. The number of aromatic carboxylic acids is 1. The summed E-state index contributed by atoms with van der Waals surface area (Å²) in [6.07, 6.45) is 1.11. The van der Waals surface area contributed by atoms with Crippen LogP contribution in [-0.4, -0.2) is 20.9 Å². The number of aromatic nitrogens is 2. The van der Waals surface area contributed by atoms with Gasteiger partial charge in [0.05, 0.1) is 6.20 Å². The minimum absolute atomic E-state index is 0.00687. The molecule has 1 aromatic carbocycles. The standard InChI is InChI=1S/C15H13FN2O4/c1-8-14(15(19)20)10-5-9(3-4-13(10)22-8)21-7-12-11(16)6-17-18(12)2/h3-6H,7H2,1-2H3,(H,19,20). The molecule has 0 amide bonds. The molecule has 0 fully saturated rings. The van der Waals surface area contributed by atoms with Crippen LogP contribution < -0.4 is 4.74 Å². The van der Waals surface area contributed by atoms with E-state index in [4.69, 9.17) is 9.15 Å². The molecule has 3 rings (SSSR count). The SMILES string of the molecule is Cc1oc2ccc(OCc3c(F)cnn3C)cc2c1C(=O)O. The van der Waals surface area contributed by atoms with Crippen molar-refractivity contribution in [3.05, 3.63) is 47.2 Å². The average molecular weight is 304 g/mol. The van der Waals surface area contributed by atoms with E-state index in [9.17, 15) is 14.3 Å². The van der Waals surface area contributed by atoms with Crippen LogP contribution >= 0.6 is 0 Å². The Kier molecular flexibility index (Phi) is 3.32. The lowest BCUT2D eigenvalue weighted by molar-refractivity contribution is 0.0697. The van der Waals surface area contributed by atoms with Crippen molar-refractivity contribution in [1.29, 1.82) is 0 Å². The monoisotopic (exact) mass is 304 g/mol. The van der Waals surface area contributed by atoms with Crippen LogP contribution in [0.2, 0.25) is 0 Å². The number of carboxylic acids is 1. The van der Waals surface area contributed by atoms with Crippen LogP contribution in [0.3, 0.4) is 0 Å². The second kappa shape index (κ2) is 5.18. The first-order valence-electron chi connectivity index (χ1n) is 6.53. The Morgan fingerprint density at radius 1 is 1.50 bits per heavy atom. The smallest absolute Gasteiger partial charge is 0.339 e. The second-order valence-electron chi connectivity index (χ2n) is 4.85. The molecule has 0 aliphatic heterocycles. The number of hydrogen-bond donors (Lipinski definition) is 1. The molecule has 1 N–H and O–H groups in total. The predicted octanol–water partition coefficient (Wildman–Crippen LogP) is 2.89. The van der Waals surface area contributed by atoms with Crippen molar-refractivity contribution in [3.63, 3.8) is 0 Å². The molecule has 0 atom stereocenters. The quantitative estimate of drug-likeness (QED) is 0.802. The molecule has 0 radical (unpaired) electrons. The number of ether oxygens (including phenoxy) is 1. The first kappa shape index (κ1) is 14.1. The number of fused-ring (bicyclic) bond motifs is 1. The highest BCUT2D eigenvalue weighted by atomic mass is 19.1. The Labute approximate surface area is 124 Å². The number of carbonyl (C=O) groups is 1. The molecule has 0 saturated heterocycles. The molecule has 0 unspecified atom stereocenters. The van der Waals surface area contributed by atoms with Gasteiger partial charge in [-0.15, -0.1) is 0 Å². The van der Waals surface area contributed by atoms with E-state index < -0.39 is 11.8 Å². The molecule has 0 aliphatic carbocycles. The lowest BCUT2D eigenvalue weighted by Gasteiger charge is -2.06. The molecule has 0 spiro atoms. The average Bonchev–Trinajstić information content (AvgIpc) is 2.95. The van der Waals surface area contributed by atoms with Gasteiger partial charge in [-0.25, -0.2) is 9.18 Å². The van der Waals surface area contributed by atoms with Crippen molar-refractivity contribution in [2.75, 3.05) is 0 Å². The van der Waals surface area contributed by atoms with E-state index >= 15 is 0 Å². The lowest BCUT2D eigenvalue weighted by atomic mass is 10.1. The highest BCUT2D eigenvalue weighted by Crippen LogP contribution is 2.29. The van der Waals surface area contributed by atoms with Gasteiger partial charge in [0.1, 0.15) is 35.0 Å². The van der Waals surface area contributed by atoms with Crippen molar-refractivity contribution < 1.29 is 23.4 Å². The van der Waals surface area contributed by atoms with Crippen LogP contribution in [0, 0.1) is 12.7 Å². The summed E-state index contributed by atoms with van der Waals surface area (Å²) in [6.45, 7) is 1.59. The number of furan rings is 1. The number of aryl methyl sites for hydroxylation is 2. The molecule has 2 aromatic heterocycles. The van der Waals surface area contributed by atoms with E-state index in [1.165, 1.54) is 4.68 Å². The number of nitrogens with zero attached hydrogens (tertiary/aromatic N) is 2.